The first-order chi connectivity index (χ1) is 12.0. The first-order valence-corrected chi connectivity index (χ1v) is 9.57. The van der Waals surface area contributed by atoms with Gasteiger partial charge in [-0.05, 0) is 53.6 Å². The number of aryl methyl sites for hydroxylation is 1. The van der Waals surface area contributed by atoms with Crippen molar-refractivity contribution in [3.8, 4) is 11.4 Å². The summed E-state index contributed by atoms with van der Waals surface area (Å²) in [5.74, 6) is 1.76. The number of nitrogens with zero attached hydrogens (tertiary/aromatic N) is 5. The highest BCUT2D eigenvalue weighted by Crippen LogP contribution is 2.46. The van der Waals surface area contributed by atoms with Crippen LogP contribution in [-0.4, -0.2) is 29.4 Å². The Hall–Kier alpha value is -1.73. The predicted octanol–water partition coefficient (Wildman–Crippen LogP) is 3.45. The molecule has 0 aliphatic heterocycles. The lowest BCUT2D eigenvalue weighted by Gasteiger charge is -2.14. The van der Waals surface area contributed by atoms with Crippen LogP contribution in [0, 0.1) is 5.92 Å². The van der Waals surface area contributed by atoms with Gasteiger partial charge in [0.2, 0.25) is 0 Å². The maximum absolute atomic E-state index is 10.8. The van der Waals surface area contributed by atoms with Gasteiger partial charge in [0.05, 0.1) is 17.5 Å². The highest BCUT2D eigenvalue weighted by Gasteiger charge is 2.36. The number of aromatic nitrogens is 5. The zero-order valence-electron chi connectivity index (χ0n) is 14.3. The number of rotatable bonds is 4. The molecule has 1 atom stereocenters. The molecule has 3 aromatic rings. The number of imidazole rings is 1. The summed E-state index contributed by atoms with van der Waals surface area (Å²) in [4.78, 5) is 9.50. The molecule has 3 aromatic heterocycles. The van der Waals surface area contributed by atoms with E-state index in [-0.39, 0.29) is 0 Å². The van der Waals surface area contributed by atoms with Crippen LogP contribution in [0.4, 0.5) is 0 Å². The van der Waals surface area contributed by atoms with Gasteiger partial charge in [0.15, 0.2) is 5.65 Å². The van der Waals surface area contributed by atoms with Gasteiger partial charge in [-0.15, -0.1) is 0 Å². The van der Waals surface area contributed by atoms with Gasteiger partial charge in [-0.2, -0.15) is 5.10 Å². The largest absolute Gasteiger partial charge is 0.386 e. The lowest BCUT2D eigenvalue weighted by Crippen LogP contribution is -2.08. The third-order valence-corrected chi connectivity index (χ3v) is 5.87. The maximum atomic E-state index is 10.8. The van der Waals surface area contributed by atoms with E-state index >= 15 is 0 Å². The van der Waals surface area contributed by atoms with Crippen molar-refractivity contribution in [2.75, 3.05) is 0 Å². The summed E-state index contributed by atoms with van der Waals surface area (Å²) in [6.45, 7) is 0. The second-order valence-electron chi connectivity index (χ2n) is 7.36. The van der Waals surface area contributed by atoms with E-state index in [1.54, 1.807) is 4.68 Å². The normalized spacial score (nSPS) is 18.9. The summed E-state index contributed by atoms with van der Waals surface area (Å²) in [6.07, 6.45) is 5.95. The topological polar surface area (TPSA) is 68.8 Å². The zero-order chi connectivity index (χ0) is 17.3. The summed E-state index contributed by atoms with van der Waals surface area (Å²) in [6, 6.07) is 2.07. The Bertz CT molecular complexity index is 983. The lowest BCUT2D eigenvalue weighted by atomic mass is 10.0. The van der Waals surface area contributed by atoms with Gasteiger partial charge in [0.25, 0.3) is 0 Å². The smallest absolute Gasteiger partial charge is 0.181 e. The number of hydrogen-bond acceptors (Lipinski definition) is 4. The average Bonchev–Trinajstić information content (AvgIpc) is 3.48. The number of aliphatic hydroxyl groups excluding tert-OH is 1. The minimum atomic E-state index is -0.554. The van der Waals surface area contributed by atoms with Crippen molar-refractivity contribution in [1.82, 2.24) is 24.3 Å². The molecule has 25 heavy (non-hydrogen) atoms. The molecule has 2 aliphatic carbocycles. The van der Waals surface area contributed by atoms with E-state index in [4.69, 9.17) is 9.97 Å². The predicted molar refractivity (Wildman–Crippen MR) is 98.1 cm³/mol. The number of fused-ring (bicyclic) bond motifs is 1. The fraction of sp³-hybridized carbons (Fsp3) is 0.500. The molecule has 130 valence electrons. The van der Waals surface area contributed by atoms with Crippen LogP contribution in [0.5, 0.6) is 0 Å². The Labute approximate surface area is 154 Å². The Morgan fingerprint density at radius 2 is 1.96 bits per heavy atom. The third-order valence-electron chi connectivity index (χ3n) is 5.29. The van der Waals surface area contributed by atoms with E-state index in [0.29, 0.717) is 23.2 Å². The number of pyridine rings is 1. The van der Waals surface area contributed by atoms with Crippen LogP contribution in [0.3, 0.4) is 0 Å². The Kier molecular flexibility index (Phi) is 3.34. The fourth-order valence-electron chi connectivity index (χ4n) is 3.65. The number of hydrogen-bond donors (Lipinski definition) is 1. The molecule has 2 fully saturated rings. The third kappa shape index (κ3) is 2.52. The van der Waals surface area contributed by atoms with Crippen molar-refractivity contribution in [3.05, 3.63) is 28.3 Å². The van der Waals surface area contributed by atoms with Crippen molar-refractivity contribution in [3.63, 3.8) is 0 Å². The van der Waals surface area contributed by atoms with Crippen molar-refractivity contribution in [2.45, 2.75) is 37.7 Å². The first-order valence-electron chi connectivity index (χ1n) is 8.77. The molecule has 0 amide bonds. The Balaban J connectivity index is 1.73. The van der Waals surface area contributed by atoms with E-state index in [1.165, 1.54) is 18.5 Å². The summed E-state index contributed by atoms with van der Waals surface area (Å²) in [5.41, 5.74) is 3.54. The Morgan fingerprint density at radius 3 is 2.64 bits per heavy atom. The fourth-order valence-corrected chi connectivity index (χ4v) is 4.40. The molecule has 5 rings (SSSR count). The quantitative estimate of drug-likeness (QED) is 0.726. The minimum Gasteiger partial charge on any atom is -0.386 e. The van der Waals surface area contributed by atoms with E-state index < -0.39 is 6.10 Å². The van der Waals surface area contributed by atoms with E-state index in [0.717, 1.165) is 34.2 Å². The van der Waals surface area contributed by atoms with Crippen molar-refractivity contribution in [1.29, 1.82) is 0 Å². The van der Waals surface area contributed by atoms with Gasteiger partial charge in [-0.3, -0.25) is 4.68 Å². The van der Waals surface area contributed by atoms with Crippen LogP contribution in [0.1, 0.15) is 49.1 Å². The zero-order valence-corrected chi connectivity index (χ0v) is 15.9. The van der Waals surface area contributed by atoms with Crippen LogP contribution >= 0.6 is 15.9 Å². The Morgan fingerprint density at radius 1 is 1.20 bits per heavy atom. The average molecular weight is 402 g/mol. The second-order valence-corrected chi connectivity index (χ2v) is 8.11. The van der Waals surface area contributed by atoms with Crippen LogP contribution in [0.25, 0.3) is 22.4 Å². The molecule has 0 spiro atoms. The van der Waals surface area contributed by atoms with E-state index in [9.17, 15) is 5.11 Å². The minimum absolute atomic E-state index is 0.305. The van der Waals surface area contributed by atoms with Crippen LogP contribution in [-0.2, 0) is 14.1 Å². The highest BCUT2D eigenvalue weighted by atomic mass is 79.9. The maximum Gasteiger partial charge on any atom is 0.181 e. The number of halogens is 1. The molecular formula is C18H20BrN5O. The van der Waals surface area contributed by atoms with Crippen LogP contribution in [0.2, 0.25) is 0 Å². The highest BCUT2D eigenvalue weighted by molar-refractivity contribution is 9.10. The summed E-state index contributed by atoms with van der Waals surface area (Å²) < 4.78 is 4.83. The molecule has 0 aromatic carbocycles. The molecule has 0 saturated heterocycles. The van der Waals surface area contributed by atoms with Crippen molar-refractivity contribution in [2.24, 2.45) is 20.0 Å². The monoisotopic (exact) mass is 401 g/mol. The molecule has 7 heteroatoms. The molecule has 2 aliphatic rings. The van der Waals surface area contributed by atoms with Gasteiger partial charge >= 0.3 is 0 Å². The molecule has 0 radical (unpaired) electrons. The summed E-state index contributed by atoms with van der Waals surface area (Å²) in [7, 11) is 3.95. The molecule has 1 unspecified atom stereocenters. The molecular weight excluding hydrogens is 382 g/mol. The van der Waals surface area contributed by atoms with E-state index in [2.05, 4.69) is 38.7 Å². The van der Waals surface area contributed by atoms with E-state index in [1.807, 2.05) is 13.2 Å². The summed E-state index contributed by atoms with van der Waals surface area (Å²) in [5, 5.41) is 16.2. The van der Waals surface area contributed by atoms with Gasteiger partial charge in [0, 0.05) is 37.2 Å². The SMILES string of the molecule is Cn1cc2cc(-c3nc(Br)c(C4CC4)n3C)c(C(O)C3CC3)nc2n1. The summed E-state index contributed by atoms with van der Waals surface area (Å²) >= 11 is 3.63. The van der Waals surface area contributed by atoms with Crippen LogP contribution < -0.4 is 0 Å². The second kappa shape index (κ2) is 5.38. The standard InChI is InChI=1S/C18H20BrN5O/c1-23-8-11-7-12(13(20-17(11)22-23)15(25)10-5-6-10)18-21-16(19)14(24(18)2)9-3-4-9/h7-10,15,25H,3-6H2,1-2H3. The first kappa shape index (κ1) is 15.5. The number of aliphatic hydroxyl groups is 1. The van der Waals surface area contributed by atoms with Gasteiger partial charge in [-0.1, -0.05) is 0 Å². The van der Waals surface area contributed by atoms with Gasteiger partial charge in [-0.25, -0.2) is 9.97 Å². The molecule has 1 N–H and O–H groups in total. The molecule has 3 heterocycles. The van der Waals surface area contributed by atoms with Gasteiger partial charge < -0.3 is 9.67 Å². The van der Waals surface area contributed by atoms with Crippen molar-refractivity contribution < 1.29 is 5.11 Å². The lowest BCUT2D eigenvalue weighted by molar-refractivity contribution is 0.150. The molecule has 2 saturated carbocycles. The van der Waals surface area contributed by atoms with Crippen molar-refractivity contribution >= 4 is 27.0 Å². The molecule has 6 nitrogen and oxygen atoms in total. The van der Waals surface area contributed by atoms with Crippen LogP contribution in [0.15, 0.2) is 16.9 Å². The molecule has 0 bridgehead atoms. The van der Waals surface area contributed by atoms with Gasteiger partial charge in [0.1, 0.15) is 10.4 Å².